The summed E-state index contributed by atoms with van der Waals surface area (Å²) >= 11 is 6.93. The lowest BCUT2D eigenvalue weighted by Gasteiger charge is -2.12. The highest BCUT2D eigenvalue weighted by molar-refractivity contribution is 7.93. The summed E-state index contributed by atoms with van der Waals surface area (Å²) < 4.78 is 73.1. The first-order valence-corrected chi connectivity index (χ1v) is 12.3. The van der Waals surface area contributed by atoms with Crippen LogP contribution in [0, 0.1) is 11.3 Å². The van der Waals surface area contributed by atoms with E-state index < -0.39 is 22.7 Å². The topological polar surface area (TPSA) is 110 Å². The van der Waals surface area contributed by atoms with Crippen LogP contribution in [0.1, 0.15) is 5.56 Å². The van der Waals surface area contributed by atoms with Crippen LogP contribution in [0.25, 0.3) is 11.3 Å². The summed E-state index contributed by atoms with van der Waals surface area (Å²) in [6.07, 6.45) is -3.18. The van der Waals surface area contributed by atoms with Crippen LogP contribution in [0.3, 0.4) is 0 Å². The monoisotopic (exact) mass is 539 g/mol. The van der Waals surface area contributed by atoms with E-state index in [9.17, 15) is 26.9 Å². The summed E-state index contributed by atoms with van der Waals surface area (Å²) in [5, 5.41) is 15.7. The molecule has 0 aliphatic carbocycles. The van der Waals surface area contributed by atoms with E-state index in [1.54, 1.807) is 35.7 Å². The van der Waals surface area contributed by atoms with Crippen molar-refractivity contribution >= 4 is 38.1 Å². The van der Waals surface area contributed by atoms with Gasteiger partial charge in [-0.1, -0.05) is 23.7 Å². The molecular weight excluding hydrogens is 527 g/mol. The Kier molecular flexibility index (Phi) is 6.70. The average Bonchev–Trinajstić information content (AvgIpc) is 3.43. The Labute approximate surface area is 206 Å². The molecule has 0 saturated heterocycles. The first-order chi connectivity index (χ1) is 16.5. The molecule has 0 aliphatic heterocycles. The van der Waals surface area contributed by atoms with Crippen LogP contribution in [0.15, 0.2) is 65.0 Å². The van der Waals surface area contributed by atoms with Crippen LogP contribution in [-0.4, -0.2) is 29.4 Å². The fourth-order valence-electron chi connectivity index (χ4n) is 2.94. The van der Waals surface area contributed by atoms with Crippen molar-refractivity contribution in [3.05, 3.63) is 70.7 Å². The highest BCUT2D eigenvalue weighted by Crippen LogP contribution is 2.33. The molecule has 2 heterocycles. The van der Waals surface area contributed by atoms with Crippen molar-refractivity contribution in [2.45, 2.75) is 17.6 Å². The number of nitrogens with one attached hydrogen (secondary N) is 1. The van der Waals surface area contributed by atoms with Crippen LogP contribution < -0.4 is 9.46 Å². The highest BCUT2D eigenvalue weighted by atomic mass is 35.5. The lowest BCUT2D eigenvalue weighted by atomic mass is 10.1. The van der Waals surface area contributed by atoms with Gasteiger partial charge in [0.25, 0.3) is 10.0 Å². The second kappa shape index (κ2) is 9.57. The van der Waals surface area contributed by atoms with Gasteiger partial charge in [0, 0.05) is 28.2 Å². The van der Waals surface area contributed by atoms with E-state index in [2.05, 4.69) is 14.8 Å². The average molecular weight is 540 g/mol. The molecular formula is C21H13ClF3N5O3S2. The largest absolute Gasteiger partial charge is 0.438 e. The summed E-state index contributed by atoms with van der Waals surface area (Å²) in [6.45, 7) is -1.44. The zero-order chi connectivity index (χ0) is 25.2. The van der Waals surface area contributed by atoms with E-state index in [-0.39, 0.29) is 32.9 Å². The maximum Gasteiger partial charge on any atom is 0.408 e. The number of hydrogen-bond acceptors (Lipinski definition) is 7. The zero-order valence-electron chi connectivity index (χ0n) is 17.3. The van der Waals surface area contributed by atoms with E-state index >= 15 is 0 Å². The van der Waals surface area contributed by atoms with Crippen molar-refractivity contribution in [3.63, 3.8) is 0 Å². The van der Waals surface area contributed by atoms with Crippen molar-refractivity contribution in [1.29, 1.82) is 5.26 Å². The molecule has 4 aromatic rings. The first-order valence-electron chi connectivity index (χ1n) is 9.59. The van der Waals surface area contributed by atoms with E-state index in [0.29, 0.717) is 15.3 Å². The van der Waals surface area contributed by atoms with Crippen molar-refractivity contribution in [2.75, 3.05) is 4.72 Å². The van der Waals surface area contributed by atoms with E-state index in [0.717, 1.165) is 23.5 Å². The maximum atomic E-state index is 13.1. The number of alkyl halides is 3. The number of anilines is 1. The molecule has 35 heavy (non-hydrogen) atoms. The molecule has 180 valence electrons. The van der Waals surface area contributed by atoms with E-state index in [1.165, 1.54) is 18.3 Å². The number of halogens is 4. The van der Waals surface area contributed by atoms with Crippen molar-refractivity contribution in [1.82, 2.24) is 14.8 Å². The molecule has 0 amide bonds. The lowest BCUT2D eigenvalue weighted by Crippen LogP contribution is -2.19. The summed E-state index contributed by atoms with van der Waals surface area (Å²) in [7, 11) is -4.06. The van der Waals surface area contributed by atoms with E-state index in [1.807, 2.05) is 0 Å². The molecule has 2 aromatic heterocycles. The fraction of sp³-hybridized carbons (Fsp3) is 0.0952. The second-order valence-corrected chi connectivity index (χ2v) is 9.98. The fourth-order valence-corrected chi connectivity index (χ4v) is 4.88. The molecule has 0 fully saturated rings. The number of hydrogen-bond donors (Lipinski definition) is 1. The second-order valence-electron chi connectivity index (χ2n) is 6.96. The predicted octanol–water partition coefficient (Wildman–Crippen LogP) is 5.69. The van der Waals surface area contributed by atoms with Gasteiger partial charge in [-0.15, -0.1) is 11.3 Å². The molecule has 0 atom stereocenters. The molecule has 0 unspecified atom stereocenters. The molecule has 0 saturated carbocycles. The summed E-state index contributed by atoms with van der Waals surface area (Å²) in [6, 6.07) is 12.8. The van der Waals surface area contributed by atoms with Crippen molar-refractivity contribution in [3.8, 4) is 29.0 Å². The Morgan fingerprint density at radius 3 is 2.54 bits per heavy atom. The third kappa shape index (κ3) is 5.91. The van der Waals surface area contributed by atoms with Gasteiger partial charge >= 0.3 is 6.18 Å². The molecule has 4 rings (SSSR count). The number of nitriles is 1. The number of rotatable bonds is 7. The summed E-state index contributed by atoms with van der Waals surface area (Å²) in [5.41, 5.74) is 0.474. The van der Waals surface area contributed by atoms with Crippen LogP contribution in [0.4, 0.5) is 18.3 Å². The lowest BCUT2D eigenvalue weighted by molar-refractivity contribution is -0.143. The quantitative estimate of drug-likeness (QED) is 0.323. The maximum absolute atomic E-state index is 13.1. The number of thiazole rings is 1. The minimum absolute atomic E-state index is 0.134. The number of benzene rings is 2. The molecule has 0 radical (unpaired) electrons. The Bertz CT molecular complexity index is 1500. The molecule has 0 bridgehead atoms. The van der Waals surface area contributed by atoms with Crippen LogP contribution in [0.5, 0.6) is 11.6 Å². The summed E-state index contributed by atoms with van der Waals surface area (Å²) in [4.78, 5) is 3.60. The van der Waals surface area contributed by atoms with Gasteiger partial charge in [0.1, 0.15) is 18.4 Å². The minimum Gasteiger partial charge on any atom is -0.438 e. The predicted molar refractivity (Wildman–Crippen MR) is 123 cm³/mol. The SMILES string of the molecule is N#Cc1cc(S(=O)(=O)Nc2nccs2)ccc1Oc1cc(-c2ccc(Cl)cc2)nn1CC(F)(F)F. The molecule has 1 N–H and O–H groups in total. The summed E-state index contributed by atoms with van der Waals surface area (Å²) in [5.74, 6) is -0.438. The number of nitrogens with zero attached hydrogens (tertiary/aromatic N) is 4. The van der Waals surface area contributed by atoms with Gasteiger partial charge in [0.2, 0.25) is 5.88 Å². The van der Waals surface area contributed by atoms with Crippen LogP contribution >= 0.6 is 22.9 Å². The normalized spacial score (nSPS) is 11.7. The smallest absolute Gasteiger partial charge is 0.408 e. The van der Waals surface area contributed by atoms with Crippen LogP contribution in [-0.2, 0) is 16.6 Å². The Hall–Kier alpha value is -3.60. The van der Waals surface area contributed by atoms with Crippen LogP contribution in [0.2, 0.25) is 5.02 Å². The van der Waals surface area contributed by atoms with Gasteiger partial charge in [-0.05, 0) is 30.3 Å². The molecule has 0 aliphatic rings. The van der Waals surface area contributed by atoms with Gasteiger partial charge in [0.15, 0.2) is 5.13 Å². The van der Waals surface area contributed by atoms with Gasteiger partial charge in [-0.3, -0.25) is 4.72 Å². The standard InChI is InChI=1S/C21H13ClF3N5O3S2/c22-15-3-1-13(2-4-15)17-10-19(30(28-17)12-21(23,24)25)33-18-6-5-16(9-14(18)11-26)35(31,32)29-20-27-7-8-34-20/h1-10H,12H2,(H,27,29). The van der Waals surface area contributed by atoms with E-state index in [4.69, 9.17) is 16.3 Å². The number of aromatic nitrogens is 3. The highest BCUT2D eigenvalue weighted by Gasteiger charge is 2.31. The van der Waals surface area contributed by atoms with Gasteiger partial charge in [0.05, 0.1) is 16.2 Å². The Balaban J connectivity index is 1.68. The van der Waals surface area contributed by atoms with Gasteiger partial charge in [-0.2, -0.15) is 23.5 Å². The molecule has 0 spiro atoms. The zero-order valence-corrected chi connectivity index (χ0v) is 19.7. The third-order valence-corrected chi connectivity index (χ3v) is 6.87. The minimum atomic E-state index is -4.60. The number of ether oxygens (including phenoxy) is 1. The number of sulfonamides is 1. The molecule has 2 aromatic carbocycles. The van der Waals surface area contributed by atoms with Crippen molar-refractivity contribution in [2.24, 2.45) is 0 Å². The first kappa shape index (κ1) is 24.5. The molecule has 14 heteroatoms. The third-order valence-electron chi connectivity index (χ3n) is 4.46. The Morgan fingerprint density at radius 1 is 1.17 bits per heavy atom. The van der Waals surface area contributed by atoms with Crippen molar-refractivity contribution < 1.29 is 26.3 Å². The Morgan fingerprint density at radius 2 is 1.91 bits per heavy atom. The molecule has 8 nitrogen and oxygen atoms in total. The van der Waals surface area contributed by atoms with Gasteiger partial charge < -0.3 is 4.74 Å². The van der Waals surface area contributed by atoms with Gasteiger partial charge in [-0.25, -0.2) is 18.1 Å².